The number of aryl methyl sites for hydroxylation is 1. The molecule has 0 bridgehead atoms. The lowest BCUT2D eigenvalue weighted by atomic mass is 9.82. The molecule has 0 unspecified atom stereocenters. The van der Waals surface area contributed by atoms with Gasteiger partial charge in [0.15, 0.2) is 17.2 Å². The van der Waals surface area contributed by atoms with Crippen LogP contribution in [0.25, 0.3) is 61.7 Å². The van der Waals surface area contributed by atoms with Gasteiger partial charge >= 0.3 is 0 Å². The Morgan fingerprint density at radius 1 is 0.778 bits per heavy atom. The van der Waals surface area contributed by atoms with E-state index in [0.717, 1.165) is 82.4 Å². The van der Waals surface area contributed by atoms with E-state index in [2.05, 4.69) is 11.2 Å². The van der Waals surface area contributed by atoms with Crippen LogP contribution in [-0.4, -0.2) is 39.9 Å². The van der Waals surface area contributed by atoms with E-state index in [1.165, 1.54) is 0 Å². The molecule has 12 nitrogen and oxygen atoms in total. The second kappa shape index (κ2) is 12.6. The van der Waals surface area contributed by atoms with Crippen LogP contribution in [0.2, 0.25) is 10.0 Å². The van der Waals surface area contributed by atoms with Crippen molar-refractivity contribution in [2.24, 2.45) is 0 Å². The Morgan fingerprint density at radius 3 is 2.28 bits per heavy atom. The van der Waals surface area contributed by atoms with E-state index in [-0.39, 0.29) is 5.92 Å². The van der Waals surface area contributed by atoms with Crippen molar-refractivity contribution in [3.63, 3.8) is 0 Å². The molecule has 2 aliphatic carbocycles. The summed E-state index contributed by atoms with van der Waals surface area (Å²) in [6.07, 6.45) is 11.1. The van der Waals surface area contributed by atoms with Gasteiger partial charge in [-0.15, -0.1) is 0 Å². The standard InChI is InChI=1S/C40H32Cl2N10O2/c1-19-5-8-30(53-19)36-32(47-34(22-6-7-22)38(43)49-36)24-13-23-11-20(17-45-31(23)28(41)15-24)12-27-9-10-52(51-27)40-35(48-33(39(44)50-40)21-3-2-4-21)25-14-26-18-46-54-37(26)29(42)16-25/h5,8-11,13-18,21-22H,2-4,6-7,12H2,1H3,(H2,43,49)(H2,44,50). The molecule has 0 radical (unpaired) electrons. The fraction of sp³-hybridized carbons (Fsp3) is 0.225. The molecular weight excluding hydrogens is 723 g/mol. The molecular formula is C40H32Cl2N10O2. The van der Waals surface area contributed by atoms with Gasteiger partial charge in [-0.2, -0.15) is 5.10 Å². The van der Waals surface area contributed by atoms with Crippen LogP contribution < -0.4 is 11.5 Å². The van der Waals surface area contributed by atoms with E-state index in [1.807, 2.05) is 61.8 Å². The minimum Gasteiger partial charge on any atom is -0.460 e. The second-order valence-corrected chi connectivity index (χ2v) is 15.0. The number of nitrogens with two attached hydrogens (primary N) is 2. The normalized spacial score (nSPS) is 14.6. The van der Waals surface area contributed by atoms with Crippen molar-refractivity contribution < 1.29 is 8.94 Å². The Morgan fingerprint density at radius 2 is 1.52 bits per heavy atom. The van der Waals surface area contributed by atoms with E-state index >= 15 is 0 Å². The Kier molecular flexibility index (Phi) is 7.67. The number of nitrogen functional groups attached to an aromatic ring is 2. The highest BCUT2D eigenvalue weighted by atomic mass is 35.5. The minimum atomic E-state index is 0.274. The third kappa shape index (κ3) is 5.73. The van der Waals surface area contributed by atoms with Crippen LogP contribution in [-0.2, 0) is 6.42 Å². The molecule has 2 aliphatic rings. The van der Waals surface area contributed by atoms with Gasteiger partial charge in [0.2, 0.25) is 0 Å². The highest BCUT2D eigenvalue weighted by Crippen LogP contribution is 2.44. The molecule has 0 spiro atoms. The summed E-state index contributed by atoms with van der Waals surface area (Å²) in [4.78, 5) is 24.6. The number of halogens is 2. The lowest BCUT2D eigenvalue weighted by Crippen LogP contribution is -2.17. The number of aromatic nitrogens is 8. The zero-order valence-electron chi connectivity index (χ0n) is 29.1. The van der Waals surface area contributed by atoms with Crippen molar-refractivity contribution in [2.75, 3.05) is 11.5 Å². The lowest BCUT2D eigenvalue weighted by Gasteiger charge is -2.26. The van der Waals surface area contributed by atoms with E-state index in [9.17, 15) is 0 Å². The summed E-state index contributed by atoms with van der Waals surface area (Å²) >= 11 is 13.5. The van der Waals surface area contributed by atoms with Crippen LogP contribution in [0.5, 0.6) is 0 Å². The topological polar surface area (TPSA) is 173 Å². The largest absolute Gasteiger partial charge is 0.460 e. The van der Waals surface area contributed by atoms with Crippen molar-refractivity contribution in [3.05, 3.63) is 106 Å². The average Bonchev–Trinajstić information content (AvgIpc) is 3.45. The van der Waals surface area contributed by atoms with Gasteiger partial charge in [0, 0.05) is 52.5 Å². The molecule has 268 valence electrons. The SMILES string of the molecule is Cc1ccc(-c2nc(N)c(C3CC3)nc2-c2cc(Cl)c3ncc(Cc4ccn(-c5nc(N)c(C6CCC6)nc5-c5cc(Cl)c6oncc6c5)n4)cc3c2)o1. The Hall–Kier alpha value is -5.85. The monoisotopic (exact) mass is 754 g/mol. The van der Waals surface area contributed by atoms with E-state index in [1.54, 1.807) is 10.9 Å². The first kappa shape index (κ1) is 32.8. The third-order valence-corrected chi connectivity index (χ3v) is 10.9. The number of rotatable bonds is 8. The Balaban J connectivity index is 1.01. The molecule has 2 fully saturated rings. The summed E-state index contributed by atoms with van der Waals surface area (Å²) in [7, 11) is 0. The number of pyridine rings is 1. The molecule has 0 saturated heterocycles. The highest BCUT2D eigenvalue weighted by molar-refractivity contribution is 6.35. The van der Waals surface area contributed by atoms with Crippen LogP contribution in [0, 0.1) is 6.92 Å². The van der Waals surface area contributed by atoms with Crippen molar-refractivity contribution >= 4 is 56.7 Å². The smallest absolute Gasteiger partial charge is 0.185 e. The molecule has 8 aromatic rings. The van der Waals surface area contributed by atoms with Gasteiger partial charge in [0.25, 0.3) is 0 Å². The molecule has 4 N–H and O–H groups in total. The number of furan rings is 1. The van der Waals surface area contributed by atoms with E-state index in [0.29, 0.717) is 73.8 Å². The minimum absolute atomic E-state index is 0.274. The number of fused-ring (bicyclic) bond motifs is 2. The summed E-state index contributed by atoms with van der Waals surface area (Å²) in [5.74, 6) is 3.27. The van der Waals surface area contributed by atoms with Crippen molar-refractivity contribution in [2.45, 2.75) is 57.3 Å². The predicted molar refractivity (Wildman–Crippen MR) is 208 cm³/mol. The van der Waals surface area contributed by atoms with Gasteiger partial charge in [-0.05, 0) is 86.7 Å². The number of hydrogen-bond acceptors (Lipinski definition) is 11. The maximum atomic E-state index is 6.89. The Labute approximate surface area is 318 Å². The van der Waals surface area contributed by atoms with Gasteiger partial charge in [-0.3, -0.25) is 4.98 Å². The lowest BCUT2D eigenvalue weighted by molar-refractivity contribution is 0.411. The van der Waals surface area contributed by atoms with Crippen LogP contribution in [0.3, 0.4) is 0 Å². The number of nitrogens with zero attached hydrogens (tertiary/aromatic N) is 8. The van der Waals surface area contributed by atoms with Crippen molar-refractivity contribution in [1.29, 1.82) is 0 Å². The predicted octanol–water partition coefficient (Wildman–Crippen LogP) is 9.25. The summed E-state index contributed by atoms with van der Waals surface area (Å²) in [5.41, 5.74) is 20.9. The first-order chi connectivity index (χ1) is 26.3. The first-order valence-corrected chi connectivity index (χ1v) is 18.6. The van der Waals surface area contributed by atoms with Gasteiger partial charge in [-0.1, -0.05) is 34.8 Å². The number of anilines is 2. The number of benzene rings is 2. The summed E-state index contributed by atoms with van der Waals surface area (Å²) in [6.45, 7) is 1.89. The highest BCUT2D eigenvalue weighted by Gasteiger charge is 2.31. The molecule has 6 aromatic heterocycles. The van der Waals surface area contributed by atoms with E-state index in [4.69, 9.17) is 73.6 Å². The van der Waals surface area contributed by atoms with Crippen LogP contribution in [0.15, 0.2) is 76.1 Å². The molecule has 2 aromatic carbocycles. The molecule has 0 amide bonds. The van der Waals surface area contributed by atoms with E-state index < -0.39 is 0 Å². The van der Waals surface area contributed by atoms with Crippen LogP contribution >= 0.6 is 23.2 Å². The van der Waals surface area contributed by atoms with Crippen LogP contribution in [0.1, 0.15) is 72.3 Å². The van der Waals surface area contributed by atoms with Gasteiger partial charge < -0.3 is 20.4 Å². The molecule has 14 heteroatoms. The fourth-order valence-corrected chi connectivity index (χ4v) is 7.72. The second-order valence-electron chi connectivity index (χ2n) is 14.2. The molecule has 0 atom stereocenters. The zero-order chi connectivity index (χ0) is 36.7. The molecule has 10 rings (SSSR count). The molecule has 2 saturated carbocycles. The fourth-order valence-electron chi connectivity index (χ4n) is 7.19. The molecule has 6 heterocycles. The zero-order valence-corrected chi connectivity index (χ0v) is 30.6. The summed E-state index contributed by atoms with van der Waals surface area (Å²) < 4.78 is 13.0. The number of hydrogen-bond donors (Lipinski definition) is 2. The quantitative estimate of drug-likeness (QED) is 0.151. The van der Waals surface area contributed by atoms with Gasteiger partial charge in [0.05, 0.1) is 38.8 Å². The maximum absolute atomic E-state index is 6.89. The molecule has 0 aliphatic heterocycles. The average molecular weight is 756 g/mol. The maximum Gasteiger partial charge on any atom is 0.185 e. The van der Waals surface area contributed by atoms with Gasteiger partial charge in [-0.25, -0.2) is 24.6 Å². The summed E-state index contributed by atoms with van der Waals surface area (Å²) in [6, 6.07) is 15.5. The summed E-state index contributed by atoms with van der Waals surface area (Å²) in [5, 5.41) is 11.4. The van der Waals surface area contributed by atoms with Crippen molar-refractivity contribution in [3.8, 4) is 39.8 Å². The first-order valence-electron chi connectivity index (χ1n) is 17.8. The molecule has 54 heavy (non-hydrogen) atoms. The van der Waals surface area contributed by atoms with Crippen LogP contribution in [0.4, 0.5) is 11.6 Å². The van der Waals surface area contributed by atoms with Gasteiger partial charge in [0.1, 0.15) is 34.5 Å². The third-order valence-electron chi connectivity index (χ3n) is 10.3. The Bertz CT molecular complexity index is 2780. The van der Waals surface area contributed by atoms with Crippen molar-refractivity contribution in [1.82, 2.24) is 39.9 Å².